The number of carbonyl (C=O) groups excluding carboxylic acids is 1. The topological polar surface area (TPSA) is 93.4 Å². The molecule has 1 amide bonds. The zero-order valence-corrected chi connectivity index (χ0v) is 17.2. The lowest BCUT2D eigenvalue weighted by atomic mass is 9.99. The first kappa shape index (κ1) is 20.9. The molecule has 8 nitrogen and oxygen atoms in total. The molecule has 162 valence electrons. The van der Waals surface area contributed by atoms with E-state index in [1.807, 2.05) is 4.90 Å². The molecule has 9 heteroatoms. The van der Waals surface area contributed by atoms with Crippen LogP contribution in [-0.4, -0.2) is 61.4 Å². The van der Waals surface area contributed by atoms with Gasteiger partial charge in [0.15, 0.2) is 0 Å². The van der Waals surface area contributed by atoms with E-state index in [0.29, 0.717) is 24.4 Å². The van der Waals surface area contributed by atoms with Crippen molar-refractivity contribution in [3.05, 3.63) is 71.8 Å². The Morgan fingerprint density at radius 3 is 2.65 bits per heavy atom. The molecular weight excluding hydrogens is 401 g/mol. The van der Waals surface area contributed by atoms with Crippen molar-refractivity contribution in [1.82, 2.24) is 25.1 Å². The van der Waals surface area contributed by atoms with Gasteiger partial charge in [0.25, 0.3) is 5.91 Å². The van der Waals surface area contributed by atoms with Crippen LogP contribution < -0.4 is 4.74 Å². The number of hydrogen-bond acceptors (Lipinski definition) is 6. The molecular formula is C22H24FN5O3. The second-order valence-corrected chi connectivity index (χ2v) is 8.11. The molecule has 31 heavy (non-hydrogen) atoms. The molecule has 1 N–H and O–H groups in total. The third kappa shape index (κ3) is 5.24. The maximum absolute atomic E-state index is 13.1. The fourth-order valence-corrected chi connectivity index (χ4v) is 3.71. The fourth-order valence-electron chi connectivity index (χ4n) is 3.71. The number of hydrogen-bond donors (Lipinski definition) is 1. The lowest BCUT2D eigenvalue weighted by molar-refractivity contribution is -0.00595. The normalized spacial score (nSPS) is 18.0. The van der Waals surface area contributed by atoms with Gasteiger partial charge in [-0.25, -0.2) is 9.07 Å². The Labute approximate surface area is 179 Å². The van der Waals surface area contributed by atoms with Gasteiger partial charge in [0, 0.05) is 24.6 Å². The maximum atomic E-state index is 13.1. The molecule has 1 aromatic heterocycles. The third-order valence-electron chi connectivity index (χ3n) is 5.36. The number of tetrazole rings is 1. The SMILES string of the molecule is CC(O)(COc1ccc(C(=O)N2CCC(c3ccc(F)cc3)C2)cc1)Cn1cnnn1. The molecule has 0 spiro atoms. The Balaban J connectivity index is 1.31. The minimum absolute atomic E-state index is 0.0400. The van der Waals surface area contributed by atoms with E-state index in [9.17, 15) is 14.3 Å². The molecule has 2 heterocycles. The second-order valence-electron chi connectivity index (χ2n) is 8.11. The minimum Gasteiger partial charge on any atom is -0.491 e. The molecule has 1 aliphatic heterocycles. The average Bonchev–Trinajstić information content (AvgIpc) is 3.45. The molecule has 0 radical (unpaired) electrons. The summed E-state index contributed by atoms with van der Waals surface area (Å²) in [6, 6.07) is 13.4. The molecule has 2 unspecified atom stereocenters. The summed E-state index contributed by atoms with van der Waals surface area (Å²) in [5.74, 6) is 0.476. The van der Waals surface area contributed by atoms with Crippen LogP contribution in [0, 0.1) is 5.82 Å². The van der Waals surface area contributed by atoms with Crippen LogP contribution in [0.5, 0.6) is 5.75 Å². The predicted octanol–water partition coefficient (Wildman–Crippen LogP) is 2.27. The highest BCUT2D eigenvalue weighted by molar-refractivity contribution is 5.94. The summed E-state index contributed by atoms with van der Waals surface area (Å²) in [5.41, 5.74) is 0.469. The third-order valence-corrected chi connectivity index (χ3v) is 5.36. The van der Waals surface area contributed by atoms with Gasteiger partial charge in [-0.05, 0) is 65.7 Å². The highest BCUT2D eigenvalue weighted by Gasteiger charge is 2.28. The molecule has 2 atom stereocenters. The standard InChI is InChI=1S/C22H24FN5O3/c1-22(30,13-28-15-24-25-26-28)14-31-20-8-4-17(5-9-20)21(29)27-11-10-18(12-27)16-2-6-19(23)7-3-16/h2-9,15,18,30H,10-14H2,1H3. The van der Waals surface area contributed by atoms with Crippen molar-refractivity contribution >= 4 is 5.91 Å². The number of halogens is 1. The van der Waals surface area contributed by atoms with Crippen LogP contribution in [0.25, 0.3) is 0 Å². The van der Waals surface area contributed by atoms with E-state index >= 15 is 0 Å². The highest BCUT2D eigenvalue weighted by atomic mass is 19.1. The van der Waals surface area contributed by atoms with Crippen molar-refractivity contribution in [1.29, 1.82) is 0 Å². The van der Waals surface area contributed by atoms with E-state index in [0.717, 1.165) is 12.0 Å². The number of aromatic nitrogens is 4. The van der Waals surface area contributed by atoms with Crippen LogP contribution in [0.4, 0.5) is 4.39 Å². The van der Waals surface area contributed by atoms with Crippen LogP contribution in [0.15, 0.2) is 54.9 Å². The van der Waals surface area contributed by atoms with Crippen LogP contribution >= 0.6 is 0 Å². The number of aliphatic hydroxyl groups is 1. The number of amides is 1. The van der Waals surface area contributed by atoms with E-state index in [2.05, 4.69) is 15.5 Å². The van der Waals surface area contributed by atoms with Gasteiger partial charge in [-0.3, -0.25) is 4.79 Å². The van der Waals surface area contributed by atoms with Gasteiger partial charge >= 0.3 is 0 Å². The van der Waals surface area contributed by atoms with Gasteiger partial charge in [0.1, 0.15) is 30.1 Å². The molecule has 2 aromatic carbocycles. The summed E-state index contributed by atoms with van der Waals surface area (Å²) in [6.45, 7) is 3.16. The summed E-state index contributed by atoms with van der Waals surface area (Å²) >= 11 is 0. The summed E-state index contributed by atoms with van der Waals surface area (Å²) in [6.07, 6.45) is 2.28. The zero-order valence-electron chi connectivity index (χ0n) is 17.2. The first-order chi connectivity index (χ1) is 14.9. The summed E-state index contributed by atoms with van der Waals surface area (Å²) in [4.78, 5) is 14.7. The van der Waals surface area contributed by atoms with Crippen LogP contribution in [0.1, 0.15) is 35.2 Å². The average molecular weight is 425 g/mol. The molecule has 3 aromatic rings. The van der Waals surface area contributed by atoms with Crippen molar-refractivity contribution in [2.75, 3.05) is 19.7 Å². The van der Waals surface area contributed by atoms with Crippen LogP contribution in [-0.2, 0) is 6.54 Å². The van der Waals surface area contributed by atoms with E-state index in [-0.39, 0.29) is 30.8 Å². The van der Waals surface area contributed by atoms with Crippen LogP contribution in [0.3, 0.4) is 0 Å². The van der Waals surface area contributed by atoms with Crippen molar-refractivity contribution in [3.63, 3.8) is 0 Å². The van der Waals surface area contributed by atoms with Gasteiger partial charge in [0.2, 0.25) is 0 Å². The summed E-state index contributed by atoms with van der Waals surface area (Å²) in [5, 5.41) is 21.3. The molecule has 1 aliphatic rings. The molecule has 4 rings (SSSR count). The van der Waals surface area contributed by atoms with Crippen molar-refractivity contribution < 1.29 is 19.0 Å². The highest BCUT2D eigenvalue weighted by Crippen LogP contribution is 2.28. The first-order valence-corrected chi connectivity index (χ1v) is 10.1. The predicted molar refractivity (Wildman–Crippen MR) is 110 cm³/mol. The largest absolute Gasteiger partial charge is 0.491 e. The second kappa shape index (κ2) is 8.81. The monoisotopic (exact) mass is 425 g/mol. The maximum Gasteiger partial charge on any atom is 0.253 e. The van der Waals surface area contributed by atoms with Crippen molar-refractivity contribution in [3.8, 4) is 5.75 Å². The Bertz CT molecular complexity index is 1010. The first-order valence-electron chi connectivity index (χ1n) is 10.1. The van der Waals surface area contributed by atoms with Crippen LogP contribution in [0.2, 0.25) is 0 Å². The Kier molecular flexibility index (Phi) is 5.94. The molecule has 0 saturated carbocycles. The van der Waals surface area contributed by atoms with E-state index in [1.54, 1.807) is 43.3 Å². The number of likely N-dealkylation sites (tertiary alicyclic amines) is 1. The molecule has 1 fully saturated rings. The number of benzene rings is 2. The van der Waals surface area contributed by atoms with Gasteiger partial charge < -0.3 is 14.7 Å². The Morgan fingerprint density at radius 2 is 1.97 bits per heavy atom. The number of ether oxygens (including phenoxy) is 1. The number of nitrogens with zero attached hydrogens (tertiary/aromatic N) is 5. The van der Waals surface area contributed by atoms with Crippen molar-refractivity contribution in [2.45, 2.75) is 31.4 Å². The fraction of sp³-hybridized carbons (Fsp3) is 0.364. The smallest absolute Gasteiger partial charge is 0.253 e. The summed E-state index contributed by atoms with van der Waals surface area (Å²) < 4.78 is 20.2. The lowest BCUT2D eigenvalue weighted by Gasteiger charge is -2.23. The molecule has 0 aliphatic carbocycles. The lowest BCUT2D eigenvalue weighted by Crippen LogP contribution is -2.37. The quantitative estimate of drug-likeness (QED) is 0.624. The van der Waals surface area contributed by atoms with E-state index in [4.69, 9.17) is 4.74 Å². The Morgan fingerprint density at radius 1 is 1.23 bits per heavy atom. The number of carbonyl (C=O) groups is 1. The molecule has 0 bridgehead atoms. The van der Waals surface area contributed by atoms with Crippen molar-refractivity contribution in [2.24, 2.45) is 0 Å². The zero-order chi connectivity index (χ0) is 21.8. The van der Waals surface area contributed by atoms with Gasteiger partial charge in [0.05, 0.1) is 6.54 Å². The molecule has 1 saturated heterocycles. The van der Waals surface area contributed by atoms with E-state index < -0.39 is 5.60 Å². The van der Waals surface area contributed by atoms with Gasteiger partial charge in [-0.2, -0.15) is 0 Å². The van der Waals surface area contributed by atoms with Gasteiger partial charge in [-0.15, -0.1) is 5.10 Å². The Hall–Kier alpha value is -3.33. The summed E-state index contributed by atoms with van der Waals surface area (Å²) in [7, 11) is 0. The van der Waals surface area contributed by atoms with Gasteiger partial charge in [-0.1, -0.05) is 12.1 Å². The van der Waals surface area contributed by atoms with E-state index in [1.165, 1.54) is 23.1 Å². The minimum atomic E-state index is -1.16. The number of rotatable bonds is 7.